The highest BCUT2D eigenvalue weighted by atomic mass is 16.2. The highest BCUT2D eigenvalue weighted by molar-refractivity contribution is 5.99. The van der Waals surface area contributed by atoms with Crippen molar-refractivity contribution in [2.45, 2.75) is 26.7 Å². The van der Waals surface area contributed by atoms with Gasteiger partial charge in [-0.05, 0) is 43.4 Å². The van der Waals surface area contributed by atoms with Gasteiger partial charge in [0.25, 0.3) is 5.91 Å². The van der Waals surface area contributed by atoms with Gasteiger partial charge in [0.15, 0.2) is 0 Å². The summed E-state index contributed by atoms with van der Waals surface area (Å²) in [6.45, 7) is 5.93. The second-order valence-corrected chi connectivity index (χ2v) is 5.07. The molecule has 0 atom stereocenters. The molecule has 1 fully saturated rings. The molecule has 0 saturated carbocycles. The summed E-state index contributed by atoms with van der Waals surface area (Å²) in [7, 11) is 0. The fraction of sp³-hybridized carbons (Fsp3) is 0.500. The van der Waals surface area contributed by atoms with Crippen molar-refractivity contribution in [1.29, 1.82) is 0 Å². The van der Waals surface area contributed by atoms with Gasteiger partial charge in [0.2, 0.25) is 0 Å². The molecule has 17 heavy (non-hydrogen) atoms. The van der Waals surface area contributed by atoms with E-state index in [0.717, 1.165) is 37.4 Å². The molecule has 0 unspecified atom stereocenters. The summed E-state index contributed by atoms with van der Waals surface area (Å²) in [4.78, 5) is 14.2. The van der Waals surface area contributed by atoms with Crippen LogP contribution >= 0.6 is 0 Å². The van der Waals surface area contributed by atoms with Gasteiger partial charge >= 0.3 is 0 Å². The summed E-state index contributed by atoms with van der Waals surface area (Å²) in [6.07, 6.45) is 2.19. The van der Waals surface area contributed by atoms with Gasteiger partial charge in [-0.1, -0.05) is 13.0 Å². The van der Waals surface area contributed by atoms with Crippen LogP contribution in [0.3, 0.4) is 0 Å². The maximum Gasteiger partial charge on any atom is 0.255 e. The third kappa shape index (κ3) is 2.60. The van der Waals surface area contributed by atoms with E-state index in [0.29, 0.717) is 11.3 Å². The molecule has 0 aliphatic carbocycles. The Morgan fingerprint density at radius 1 is 1.35 bits per heavy atom. The van der Waals surface area contributed by atoms with Crippen molar-refractivity contribution < 1.29 is 4.79 Å². The Kier molecular flexibility index (Phi) is 3.36. The molecule has 0 aromatic heterocycles. The largest absolute Gasteiger partial charge is 0.398 e. The van der Waals surface area contributed by atoms with Gasteiger partial charge in [0.05, 0.1) is 5.56 Å². The van der Waals surface area contributed by atoms with Crippen LogP contribution in [0.5, 0.6) is 0 Å². The predicted molar refractivity (Wildman–Crippen MR) is 69.9 cm³/mol. The molecule has 1 aliphatic heterocycles. The van der Waals surface area contributed by atoms with Crippen molar-refractivity contribution in [3.8, 4) is 0 Å². The summed E-state index contributed by atoms with van der Waals surface area (Å²) in [5.41, 5.74) is 8.23. The maximum absolute atomic E-state index is 12.3. The number of hydrogen-bond acceptors (Lipinski definition) is 2. The minimum absolute atomic E-state index is 0.0781. The third-order valence-corrected chi connectivity index (χ3v) is 3.51. The molecule has 1 aliphatic rings. The summed E-state index contributed by atoms with van der Waals surface area (Å²) in [5, 5.41) is 0. The zero-order chi connectivity index (χ0) is 12.4. The normalized spacial score (nSPS) is 17.2. The van der Waals surface area contributed by atoms with Crippen molar-refractivity contribution in [3.63, 3.8) is 0 Å². The molecule has 2 rings (SSSR count). The van der Waals surface area contributed by atoms with Crippen LogP contribution in [0.4, 0.5) is 5.69 Å². The predicted octanol–water partition coefficient (Wildman–Crippen LogP) is 2.45. The molecule has 1 saturated heterocycles. The van der Waals surface area contributed by atoms with Crippen LogP contribution in [-0.2, 0) is 0 Å². The molecule has 1 aromatic rings. The maximum atomic E-state index is 12.3. The summed E-state index contributed by atoms with van der Waals surface area (Å²) in [6, 6.07) is 5.64. The molecule has 2 N–H and O–H groups in total. The molecule has 1 amide bonds. The molecule has 0 bridgehead atoms. The van der Waals surface area contributed by atoms with Crippen LogP contribution in [0.15, 0.2) is 18.2 Å². The van der Waals surface area contributed by atoms with E-state index in [9.17, 15) is 4.79 Å². The molecule has 3 heteroatoms. The first-order valence-electron chi connectivity index (χ1n) is 6.23. The lowest BCUT2D eigenvalue weighted by atomic mass is 9.98. The van der Waals surface area contributed by atoms with Crippen molar-refractivity contribution in [3.05, 3.63) is 29.3 Å². The van der Waals surface area contributed by atoms with Crippen LogP contribution in [0.1, 0.15) is 35.7 Å². The van der Waals surface area contributed by atoms with E-state index in [1.807, 2.05) is 30.0 Å². The Hall–Kier alpha value is -1.51. The fourth-order valence-electron chi connectivity index (χ4n) is 2.26. The summed E-state index contributed by atoms with van der Waals surface area (Å²) < 4.78 is 0. The average Bonchev–Trinajstić information content (AvgIpc) is 2.29. The molecular weight excluding hydrogens is 212 g/mol. The number of nitrogen functional groups attached to an aromatic ring is 1. The number of nitrogens with two attached hydrogens (primary N) is 1. The van der Waals surface area contributed by atoms with Crippen LogP contribution < -0.4 is 5.73 Å². The van der Waals surface area contributed by atoms with E-state index in [-0.39, 0.29) is 5.91 Å². The number of hydrogen-bond donors (Lipinski definition) is 1. The van der Waals surface area contributed by atoms with E-state index in [4.69, 9.17) is 5.73 Å². The molecule has 0 radical (unpaired) electrons. The standard InChI is InChI=1S/C14H20N2O/c1-10-5-7-16(8-6-10)14(17)12-4-3-11(2)9-13(12)15/h3-4,9-10H,5-8,15H2,1-2H3. The topological polar surface area (TPSA) is 46.3 Å². The van der Waals surface area contributed by atoms with Crippen LogP contribution in [0, 0.1) is 12.8 Å². The molecule has 0 spiro atoms. The first-order chi connectivity index (χ1) is 8.08. The van der Waals surface area contributed by atoms with Gasteiger partial charge in [-0.15, -0.1) is 0 Å². The lowest BCUT2D eigenvalue weighted by molar-refractivity contribution is 0.0698. The van der Waals surface area contributed by atoms with Crippen LogP contribution in [-0.4, -0.2) is 23.9 Å². The molecule has 1 heterocycles. The van der Waals surface area contributed by atoms with Gasteiger partial charge in [-0.3, -0.25) is 4.79 Å². The Labute approximate surface area is 103 Å². The number of rotatable bonds is 1. The second-order valence-electron chi connectivity index (χ2n) is 5.07. The monoisotopic (exact) mass is 232 g/mol. The molecule has 1 aromatic carbocycles. The number of benzene rings is 1. The first kappa shape index (κ1) is 12.0. The zero-order valence-electron chi connectivity index (χ0n) is 10.6. The van der Waals surface area contributed by atoms with E-state index in [1.165, 1.54) is 0 Å². The average molecular weight is 232 g/mol. The highest BCUT2D eigenvalue weighted by Crippen LogP contribution is 2.21. The molecule has 92 valence electrons. The van der Waals surface area contributed by atoms with Crippen molar-refractivity contribution >= 4 is 11.6 Å². The number of nitrogens with zero attached hydrogens (tertiary/aromatic N) is 1. The van der Waals surface area contributed by atoms with Crippen LogP contribution in [0.2, 0.25) is 0 Å². The zero-order valence-corrected chi connectivity index (χ0v) is 10.6. The van der Waals surface area contributed by atoms with Gasteiger partial charge in [0.1, 0.15) is 0 Å². The first-order valence-corrected chi connectivity index (χ1v) is 6.23. The second kappa shape index (κ2) is 4.78. The Morgan fingerprint density at radius 2 is 2.00 bits per heavy atom. The fourth-order valence-corrected chi connectivity index (χ4v) is 2.26. The highest BCUT2D eigenvalue weighted by Gasteiger charge is 2.22. The number of anilines is 1. The van der Waals surface area contributed by atoms with E-state index < -0.39 is 0 Å². The third-order valence-electron chi connectivity index (χ3n) is 3.51. The number of carbonyl (C=O) groups excluding carboxylic acids is 1. The van der Waals surface area contributed by atoms with Crippen molar-refractivity contribution in [2.75, 3.05) is 18.8 Å². The Morgan fingerprint density at radius 3 is 2.59 bits per heavy atom. The van der Waals surface area contributed by atoms with E-state index >= 15 is 0 Å². The number of piperidine rings is 1. The number of amides is 1. The minimum atomic E-state index is 0.0781. The number of carbonyl (C=O) groups is 1. The summed E-state index contributed by atoms with van der Waals surface area (Å²) >= 11 is 0. The lowest BCUT2D eigenvalue weighted by Gasteiger charge is -2.30. The molecule has 3 nitrogen and oxygen atoms in total. The van der Waals surface area contributed by atoms with Gasteiger partial charge in [-0.2, -0.15) is 0 Å². The van der Waals surface area contributed by atoms with Crippen molar-refractivity contribution in [1.82, 2.24) is 4.90 Å². The van der Waals surface area contributed by atoms with Crippen molar-refractivity contribution in [2.24, 2.45) is 5.92 Å². The Bertz CT molecular complexity index is 420. The molecular formula is C14H20N2O. The van der Waals surface area contributed by atoms with E-state index in [1.54, 1.807) is 0 Å². The van der Waals surface area contributed by atoms with Gasteiger partial charge in [-0.25, -0.2) is 0 Å². The van der Waals surface area contributed by atoms with Gasteiger partial charge in [0, 0.05) is 18.8 Å². The Balaban J connectivity index is 2.14. The van der Waals surface area contributed by atoms with E-state index in [2.05, 4.69) is 6.92 Å². The van der Waals surface area contributed by atoms with Gasteiger partial charge < -0.3 is 10.6 Å². The lowest BCUT2D eigenvalue weighted by Crippen LogP contribution is -2.38. The quantitative estimate of drug-likeness (QED) is 0.756. The number of aryl methyl sites for hydroxylation is 1. The number of likely N-dealkylation sites (tertiary alicyclic amines) is 1. The smallest absolute Gasteiger partial charge is 0.255 e. The van der Waals surface area contributed by atoms with Crippen LogP contribution in [0.25, 0.3) is 0 Å². The minimum Gasteiger partial charge on any atom is -0.398 e. The summed E-state index contributed by atoms with van der Waals surface area (Å²) in [5.74, 6) is 0.809. The SMILES string of the molecule is Cc1ccc(C(=O)N2CCC(C)CC2)c(N)c1.